The average molecular weight is 284 g/mol. The first-order chi connectivity index (χ1) is 8.97. The zero-order valence-electron chi connectivity index (χ0n) is 9.82. The lowest BCUT2D eigenvalue weighted by Crippen LogP contribution is -2.08. The minimum absolute atomic E-state index is 0.237. The summed E-state index contributed by atoms with van der Waals surface area (Å²) in [4.78, 5) is 4.68. The molecule has 1 aromatic heterocycles. The van der Waals surface area contributed by atoms with E-state index in [4.69, 9.17) is 5.73 Å². The van der Waals surface area contributed by atoms with Gasteiger partial charge in [0, 0.05) is 16.8 Å². The predicted octanol–water partition coefficient (Wildman–Crippen LogP) is 3.97. The first-order valence-electron chi connectivity index (χ1n) is 5.46. The monoisotopic (exact) mass is 284 g/mol. The summed E-state index contributed by atoms with van der Waals surface area (Å²) >= 11 is 1.29. The van der Waals surface area contributed by atoms with Gasteiger partial charge in [0.2, 0.25) is 0 Å². The highest BCUT2D eigenvalue weighted by Gasteiger charge is 2.32. The number of nitrogen functional groups attached to an aromatic ring is 1. The summed E-state index contributed by atoms with van der Waals surface area (Å²) in [6.07, 6.45) is -2.77. The van der Waals surface area contributed by atoms with Crippen LogP contribution >= 0.6 is 11.8 Å². The molecule has 0 radical (unpaired) electrons. The second-order valence-corrected chi connectivity index (χ2v) is 4.91. The Morgan fingerprint density at radius 1 is 1.11 bits per heavy atom. The molecule has 0 fully saturated rings. The third-order valence-corrected chi connectivity index (χ3v) is 3.51. The Bertz CT molecular complexity index is 553. The number of nitrogens with zero attached hydrogens (tertiary/aromatic N) is 1. The molecule has 0 amide bonds. The van der Waals surface area contributed by atoms with E-state index in [-0.39, 0.29) is 11.3 Å². The molecule has 0 unspecified atom stereocenters. The summed E-state index contributed by atoms with van der Waals surface area (Å²) in [5.41, 5.74) is 5.12. The first-order valence-corrected chi connectivity index (χ1v) is 6.45. The number of hydrogen-bond acceptors (Lipinski definition) is 3. The van der Waals surface area contributed by atoms with Crippen LogP contribution < -0.4 is 5.73 Å². The summed E-state index contributed by atoms with van der Waals surface area (Å²) in [6, 6.07) is 8.94. The zero-order valence-corrected chi connectivity index (χ0v) is 10.6. The fourth-order valence-electron chi connectivity index (χ4n) is 1.56. The van der Waals surface area contributed by atoms with Crippen LogP contribution in [-0.2, 0) is 11.9 Å². The number of nitrogens with two attached hydrogens (primary N) is 1. The van der Waals surface area contributed by atoms with E-state index in [0.717, 1.165) is 11.0 Å². The molecule has 6 heteroatoms. The first kappa shape index (κ1) is 13.7. The van der Waals surface area contributed by atoms with Crippen molar-refractivity contribution in [1.82, 2.24) is 4.98 Å². The van der Waals surface area contributed by atoms with Gasteiger partial charge in [-0.05, 0) is 23.8 Å². The van der Waals surface area contributed by atoms with E-state index in [1.165, 1.54) is 23.9 Å². The van der Waals surface area contributed by atoms with Crippen LogP contribution in [0.1, 0.15) is 11.1 Å². The summed E-state index contributed by atoms with van der Waals surface area (Å²) in [6.45, 7) is 0. The van der Waals surface area contributed by atoms with Gasteiger partial charge in [-0.1, -0.05) is 18.2 Å². The molecule has 0 saturated heterocycles. The molecule has 0 saturated carbocycles. The van der Waals surface area contributed by atoms with E-state index in [2.05, 4.69) is 4.98 Å². The van der Waals surface area contributed by atoms with Crippen LogP contribution in [0.15, 0.2) is 47.5 Å². The van der Waals surface area contributed by atoms with Gasteiger partial charge in [0.1, 0.15) is 5.82 Å². The fraction of sp³-hybridized carbons (Fsp3) is 0.154. The van der Waals surface area contributed by atoms with Crippen LogP contribution in [0.4, 0.5) is 19.0 Å². The van der Waals surface area contributed by atoms with E-state index in [1.807, 2.05) is 0 Å². The maximum absolute atomic E-state index is 12.8. The number of pyridine rings is 1. The molecule has 0 bridgehead atoms. The van der Waals surface area contributed by atoms with Crippen LogP contribution in [0.3, 0.4) is 0 Å². The number of thioether (sulfide) groups is 1. The molecule has 19 heavy (non-hydrogen) atoms. The summed E-state index contributed by atoms with van der Waals surface area (Å²) in [7, 11) is 0. The molecular formula is C13H11F3N2S. The van der Waals surface area contributed by atoms with E-state index in [0.29, 0.717) is 5.82 Å². The van der Waals surface area contributed by atoms with E-state index < -0.39 is 11.7 Å². The number of alkyl halides is 3. The maximum Gasteiger partial charge on any atom is 0.416 e. The number of hydrogen-bond donors (Lipinski definition) is 1. The minimum Gasteiger partial charge on any atom is -0.384 e. The highest BCUT2D eigenvalue weighted by atomic mass is 32.2. The van der Waals surface area contributed by atoms with Gasteiger partial charge >= 0.3 is 6.18 Å². The number of halogens is 3. The maximum atomic E-state index is 12.8. The van der Waals surface area contributed by atoms with Crippen molar-refractivity contribution < 1.29 is 13.2 Å². The smallest absolute Gasteiger partial charge is 0.384 e. The second kappa shape index (κ2) is 5.52. The molecule has 1 aromatic carbocycles. The zero-order chi connectivity index (χ0) is 13.9. The molecular weight excluding hydrogens is 273 g/mol. The molecule has 2 N–H and O–H groups in total. The quantitative estimate of drug-likeness (QED) is 0.867. The highest BCUT2D eigenvalue weighted by Crippen LogP contribution is 2.34. The third kappa shape index (κ3) is 3.64. The molecule has 2 nitrogen and oxygen atoms in total. The van der Waals surface area contributed by atoms with E-state index in [9.17, 15) is 13.2 Å². The average Bonchev–Trinajstić information content (AvgIpc) is 2.37. The van der Waals surface area contributed by atoms with Crippen LogP contribution in [0.25, 0.3) is 0 Å². The molecule has 0 aliphatic carbocycles. The second-order valence-electron chi connectivity index (χ2n) is 3.86. The van der Waals surface area contributed by atoms with Crippen LogP contribution in [-0.4, -0.2) is 4.98 Å². The molecule has 0 atom stereocenters. The largest absolute Gasteiger partial charge is 0.416 e. The highest BCUT2D eigenvalue weighted by molar-refractivity contribution is 7.98. The minimum atomic E-state index is -4.32. The summed E-state index contributed by atoms with van der Waals surface area (Å²) in [5.74, 6) is 0.626. The van der Waals surface area contributed by atoms with Crippen molar-refractivity contribution >= 4 is 17.6 Å². The van der Waals surface area contributed by atoms with Gasteiger partial charge in [-0.15, -0.1) is 11.8 Å². The van der Waals surface area contributed by atoms with Gasteiger partial charge in [0.05, 0.1) is 5.56 Å². The van der Waals surface area contributed by atoms with Crippen LogP contribution in [0.2, 0.25) is 0 Å². The molecule has 2 aromatic rings. The van der Waals surface area contributed by atoms with Crippen molar-refractivity contribution in [3.05, 3.63) is 53.7 Å². The molecule has 0 aliphatic heterocycles. The Balaban J connectivity index is 2.14. The number of aromatic nitrogens is 1. The third-order valence-electron chi connectivity index (χ3n) is 2.48. The molecule has 1 heterocycles. The van der Waals surface area contributed by atoms with Crippen LogP contribution in [0, 0.1) is 0 Å². The molecule has 100 valence electrons. The van der Waals surface area contributed by atoms with Crippen LogP contribution in [0.5, 0.6) is 0 Å². The van der Waals surface area contributed by atoms with Gasteiger partial charge in [-0.3, -0.25) is 0 Å². The lowest BCUT2D eigenvalue weighted by Gasteiger charge is -2.12. The van der Waals surface area contributed by atoms with Crippen molar-refractivity contribution in [1.29, 1.82) is 0 Å². The standard InChI is InChI=1S/C13H11F3N2S/c14-13(15,16)11-4-2-1-3-9(11)8-19-10-5-6-12(17)18-7-10/h1-7H,8H2,(H2,17,18). The van der Waals surface area contributed by atoms with Crippen molar-refractivity contribution in [2.75, 3.05) is 5.73 Å². The van der Waals surface area contributed by atoms with Crippen molar-refractivity contribution in [3.8, 4) is 0 Å². The number of rotatable bonds is 3. The predicted molar refractivity (Wildman–Crippen MR) is 69.7 cm³/mol. The lowest BCUT2D eigenvalue weighted by atomic mass is 10.1. The van der Waals surface area contributed by atoms with Gasteiger partial charge in [-0.2, -0.15) is 13.2 Å². The summed E-state index contributed by atoms with van der Waals surface area (Å²) in [5, 5.41) is 0. The number of anilines is 1. The van der Waals surface area contributed by atoms with Crippen molar-refractivity contribution in [3.63, 3.8) is 0 Å². The van der Waals surface area contributed by atoms with E-state index in [1.54, 1.807) is 24.4 Å². The van der Waals surface area contributed by atoms with E-state index >= 15 is 0 Å². The Kier molecular flexibility index (Phi) is 3.99. The molecule has 2 rings (SSSR count). The van der Waals surface area contributed by atoms with Crippen molar-refractivity contribution in [2.24, 2.45) is 0 Å². The fourth-order valence-corrected chi connectivity index (χ4v) is 2.43. The summed E-state index contributed by atoms with van der Waals surface area (Å²) < 4.78 is 38.4. The van der Waals surface area contributed by atoms with Crippen molar-refractivity contribution in [2.45, 2.75) is 16.8 Å². The normalized spacial score (nSPS) is 11.5. The Labute approximate surface area is 112 Å². The lowest BCUT2D eigenvalue weighted by molar-refractivity contribution is -0.138. The topological polar surface area (TPSA) is 38.9 Å². The Hall–Kier alpha value is -1.69. The van der Waals surface area contributed by atoms with Gasteiger partial charge in [0.15, 0.2) is 0 Å². The Morgan fingerprint density at radius 2 is 1.84 bits per heavy atom. The van der Waals surface area contributed by atoms with Gasteiger partial charge in [0.25, 0.3) is 0 Å². The SMILES string of the molecule is Nc1ccc(SCc2ccccc2C(F)(F)F)cn1. The van der Waals surface area contributed by atoms with Gasteiger partial charge < -0.3 is 5.73 Å². The van der Waals surface area contributed by atoms with Gasteiger partial charge in [-0.25, -0.2) is 4.98 Å². The number of benzene rings is 1. The molecule has 0 spiro atoms. The molecule has 0 aliphatic rings. The Morgan fingerprint density at radius 3 is 2.47 bits per heavy atom.